The fraction of sp³-hybridized carbons (Fsp3) is 0.863. The number of esters is 3. The first-order chi connectivity index (χ1) is 28.0. The molecule has 334 valence electrons. The Morgan fingerprint density at radius 3 is 1.00 bits per heavy atom. The van der Waals surface area contributed by atoms with Gasteiger partial charge in [-0.2, -0.15) is 0 Å². The Morgan fingerprint density at radius 1 is 0.351 bits per heavy atom. The minimum absolute atomic E-state index is 0.0716. The molecule has 0 aromatic carbocycles. The van der Waals surface area contributed by atoms with Gasteiger partial charge < -0.3 is 14.2 Å². The molecule has 0 saturated heterocycles. The molecule has 0 bridgehead atoms. The third-order valence-corrected chi connectivity index (χ3v) is 11.0. The van der Waals surface area contributed by atoms with Crippen molar-refractivity contribution >= 4 is 17.9 Å². The van der Waals surface area contributed by atoms with Crippen LogP contribution in [0.15, 0.2) is 24.3 Å². The maximum atomic E-state index is 12.8. The lowest BCUT2D eigenvalue weighted by Crippen LogP contribution is -2.30. The summed E-state index contributed by atoms with van der Waals surface area (Å²) in [5.41, 5.74) is 0. The van der Waals surface area contributed by atoms with Crippen molar-refractivity contribution in [1.29, 1.82) is 0 Å². The van der Waals surface area contributed by atoms with Gasteiger partial charge in [-0.05, 0) is 51.4 Å². The topological polar surface area (TPSA) is 78.9 Å². The maximum absolute atomic E-state index is 12.8. The molecule has 0 heterocycles. The lowest BCUT2D eigenvalue weighted by Gasteiger charge is -2.18. The van der Waals surface area contributed by atoms with Crippen LogP contribution in [0.25, 0.3) is 0 Å². The lowest BCUT2D eigenvalue weighted by atomic mass is 10.0. The largest absolute Gasteiger partial charge is 0.462 e. The van der Waals surface area contributed by atoms with Gasteiger partial charge in [0.1, 0.15) is 13.2 Å². The van der Waals surface area contributed by atoms with E-state index in [1.807, 2.05) is 0 Å². The molecule has 0 aliphatic heterocycles. The smallest absolute Gasteiger partial charge is 0.306 e. The molecule has 0 rings (SSSR count). The molecule has 0 fully saturated rings. The highest BCUT2D eigenvalue weighted by molar-refractivity contribution is 5.71. The molecular weight excluding hydrogens is 709 g/mol. The zero-order valence-electron chi connectivity index (χ0n) is 38.1. The maximum Gasteiger partial charge on any atom is 0.306 e. The van der Waals surface area contributed by atoms with Gasteiger partial charge in [0.05, 0.1) is 0 Å². The second kappa shape index (κ2) is 46.6. The molecule has 57 heavy (non-hydrogen) atoms. The Hall–Kier alpha value is -2.11. The first-order valence-corrected chi connectivity index (χ1v) is 24.8. The summed E-state index contributed by atoms with van der Waals surface area (Å²) in [5, 5.41) is 0. The van der Waals surface area contributed by atoms with Crippen molar-refractivity contribution in [2.24, 2.45) is 0 Å². The number of allylic oxidation sites excluding steroid dienone is 4. The van der Waals surface area contributed by atoms with Crippen LogP contribution in [0, 0.1) is 0 Å². The van der Waals surface area contributed by atoms with E-state index in [1.54, 1.807) is 0 Å². The zero-order valence-corrected chi connectivity index (χ0v) is 38.1. The van der Waals surface area contributed by atoms with Gasteiger partial charge in [0.25, 0.3) is 0 Å². The fourth-order valence-corrected chi connectivity index (χ4v) is 7.18. The average molecular weight is 803 g/mol. The molecular formula is C51H94O6. The predicted molar refractivity (Wildman–Crippen MR) is 243 cm³/mol. The number of carbonyl (C=O) groups is 3. The number of hydrogen-bond donors (Lipinski definition) is 0. The first-order valence-electron chi connectivity index (χ1n) is 24.8. The van der Waals surface area contributed by atoms with Crippen molar-refractivity contribution in [2.75, 3.05) is 13.2 Å². The average Bonchev–Trinajstić information content (AvgIpc) is 3.21. The molecule has 0 spiro atoms. The zero-order chi connectivity index (χ0) is 41.5. The van der Waals surface area contributed by atoms with Gasteiger partial charge in [-0.15, -0.1) is 0 Å². The van der Waals surface area contributed by atoms with Gasteiger partial charge in [-0.3, -0.25) is 14.4 Å². The van der Waals surface area contributed by atoms with Crippen molar-refractivity contribution in [3.63, 3.8) is 0 Å². The number of rotatable bonds is 45. The number of carbonyl (C=O) groups excluding carboxylic acids is 3. The van der Waals surface area contributed by atoms with E-state index >= 15 is 0 Å². The Balaban J connectivity index is 4.33. The van der Waals surface area contributed by atoms with Gasteiger partial charge in [-0.25, -0.2) is 0 Å². The van der Waals surface area contributed by atoms with Gasteiger partial charge in [0.2, 0.25) is 0 Å². The van der Waals surface area contributed by atoms with Gasteiger partial charge >= 0.3 is 17.9 Å². The van der Waals surface area contributed by atoms with Crippen molar-refractivity contribution in [3.05, 3.63) is 24.3 Å². The number of unbranched alkanes of at least 4 members (excludes halogenated alkanes) is 30. The van der Waals surface area contributed by atoms with Crippen LogP contribution in [0.1, 0.15) is 265 Å². The summed E-state index contributed by atoms with van der Waals surface area (Å²) in [7, 11) is 0. The summed E-state index contributed by atoms with van der Waals surface area (Å²) in [4.78, 5) is 37.8. The fourth-order valence-electron chi connectivity index (χ4n) is 7.18. The second-order valence-electron chi connectivity index (χ2n) is 16.7. The van der Waals surface area contributed by atoms with Crippen LogP contribution < -0.4 is 0 Å². The van der Waals surface area contributed by atoms with Crippen molar-refractivity contribution in [2.45, 2.75) is 271 Å². The molecule has 0 aliphatic carbocycles. The Kier molecular flexibility index (Phi) is 44.9. The summed E-state index contributed by atoms with van der Waals surface area (Å²) in [6.45, 7) is 6.60. The molecule has 1 unspecified atom stereocenters. The lowest BCUT2D eigenvalue weighted by molar-refractivity contribution is -0.167. The molecule has 0 saturated carbocycles. The molecule has 1 atom stereocenters. The molecule has 0 N–H and O–H groups in total. The molecule has 6 heteroatoms. The van der Waals surface area contributed by atoms with Crippen LogP contribution in [0.3, 0.4) is 0 Å². The molecule has 0 amide bonds. The Morgan fingerprint density at radius 2 is 0.632 bits per heavy atom. The highest BCUT2D eigenvalue weighted by atomic mass is 16.6. The van der Waals surface area contributed by atoms with Gasteiger partial charge in [0, 0.05) is 19.3 Å². The number of ether oxygens (including phenoxy) is 3. The molecule has 0 radical (unpaired) electrons. The van der Waals surface area contributed by atoms with Gasteiger partial charge in [0.15, 0.2) is 6.10 Å². The van der Waals surface area contributed by atoms with Crippen molar-refractivity contribution in [1.82, 2.24) is 0 Å². The molecule has 0 aromatic heterocycles. The van der Waals surface area contributed by atoms with Crippen LogP contribution >= 0.6 is 0 Å². The van der Waals surface area contributed by atoms with E-state index in [1.165, 1.54) is 148 Å². The SMILES string of the molecule is CCCCC/C=C\C/C=C\CCCCCCCC(=O)OCC(COC(=O)CCCCCCCCCCC)OC(=O)CCCCCCCCCCCCCCCCC. The van der Waals surface area contributed by atoms with Crippen molar-refractivity contribution < 1.29 is 28.6 Å². The quantitative estimate of drug-likeness (QED) is 0.0264. The summed E-state index contributed by atoms with van der Waals surface area (Å²) < 4.78 is 16.7. The third kappa shape index (κ3) is 44.8. The van der Waals surface area contributed by atoms with Gasteiger partial charge in [-0.1, -0.05) is 218 Å². The van der Waals surface area contributed by atoms with Crippen LogP contribution in [0.5, 0.6) is 0 Å². The summed E-state index contributed by atoms with van der Waals surface area (Å²) in [6.07, 6.45) is 51.6. The minimum Gasteiger partial charge on any atom is -0.462 e. The highest BCUT2D eigenvalue weighted by Gasteiger charge is 2.19. The van der Waals surface area contributed by atoms with E-state index in [4.69, 9.17) is 14.2 Å². The highest BCUT2D eigenvalue weighted by Crippen LogP contribution is 2.15. The summed E-state index contributed by atoms with van der Waals surface area (Å²) in [6, 6.07) is 0. The monoisotopic (exact) mass is 803 g/mol. The predicted octanol–water partition coefficient (Wildman–Crippen LogP) is 16.0. The Bertz CT molecular complexity index is 927. The van der Waals surface area contributed by atoms with E-state index in [2.05, 4.69) is 45.1 Å². The van der Waals surface area contributed by atoms with Crippen LogP contribution in [0.4, 0.5) is 0 Å². The third-order valence-electron chi connectivity index (χ3n) is 11.0. The first kappa shape index (κ1) is 54.9. The van der Waals surface area contributed by atoms with E-state index < -0.39 is 6.10 Å². The van der Waals surface area contributed by atoms with Crippen molar-refractivity contribution in [3.8, 4) is 0 Å². The normalized spacial score (nSPS) is 12.1. The van der Waals surface area contributed by atoms with E-state index in [0.717, 1.165) is 77.0 Å². The standard InChI is InChI=1S/C51H94O6/c1-4-7-10-13-16-19-21-23-25-27-29-32-35-38-41-44-50(53)56-47-48(46-55-49(52)43-40-37-34-31-18-15-12-9-6-3)57-51(54)45-42-39-36-33-30-28-26-24-22-20-17-14-11-8-5-2/h16,19,23,25,48H,4-15,17-18,20-22,24,26-47H2,1-3H3/b19-16-,25-23-. The van der Waals surface area contributed by atoms with E-state index in [-0.39, 0.29) is 31.1 Å². The summed E-state index contributed by atoms with van der Waals surface area (Å²) >= 11 is 0. The van der Waals surface area contributed by atoms with E-state index in [9.17, 15) is 14.4 Å². The Labute approximate surface area is 353 Å². The number of hydrogen-bond acceptors (Lipinski definition) is 6. The summed E-state index contributed by atoms with van der Waals surface area (Å²) in [5.74, 6) is -0.877. The molecule has 0 aromatic rings. The van der Waals surface area contributed by atoms with Crippen LogP contribution in [-0.2, 0) is 28.6 Å². The van der Waals surface area contributed by atoms with Crippen LogP contribution in [0.2, 0.25) is 0 Å². The van der Waals surface area contributed by atoms with E-state index in [0.29, 0.717) is 19.3 Å². The molecule has 0 aliphatic rings. The minimum atomic E-state index is -0.769. The van der Waals surface area contributed by atoms with Crippen LogP contribution in [-0.4, -0.2) is 37.2 Å². The molecule has 6 nitrogen and oxygen atoms in total. The second-order valence-corrected chi connectivity index (χ2v) is 16.7.